The second-order valence-corrected chi connectivity index (χ2v) is 18.5. The molecule has 0 spiro atoms. The molecular formula is C28H43N5O6Si. The number of benzene rings is 1. The number of imidazole rings is 1. The van der Waals surface area contributed by atoms with Crippen molar-refractivity contribution in [3.8, 4) is 0 Å². The molecule has 12 heteroatoms. The Hall–Kier alpha value is -3.12. The summed E-state index contributed by atoms with van der Waals surface area (Å²) in [7, 11) is 0.393. The van der Waals surface area contributed by atoms with Gasteiger partial charge in [0.05, 0.1) is 11.0 Å². The molecule has 3 heterocycles. The van der Waals surface area contributed by atoms with Gasteiger partial charge in [-0.3, -0.25) is 23.6 Å². The van der Waals surface area contributed by atoms with E-state index in [-0.39, 0.29) is 37.3 Å². The molecule has 11 nitrogen and oxygen atoms in total. The lowest BCUT2D eigenvalue weighted by Crippen LogP contribution is -2.50. The van der Waals surface area contributed by atoms with Gasteiger partial charge in [-0.15, -0.1) is 0 Å². The number of nitrogens with zero attached hydrogens (tertiary/aromatic N) is 5. The van der Waals surface area contributed by atoms with Gasteiger partial charge in [0.25, 0.3) is 5.91 Å². The molecule has 0 bridgehead atoms. The van der Waals surface area contributed by atoms with Crippen molar-refractivity contribution in [3.63, 3.8) is 0 Å². The van der Waals surface area contributed by atoms with Crippen LogP contribution in [0, 0.1) is 0 Å². The highest BCUT2D eigenvalue weighted by Crippen LogP contribution is 2.29. The predicted molar refractivity (Wildman–Crippen MR) is 156 cm³/mol. The van der Waals surface area contributed by atoms with E-state index in [4.69, 9.17) is 9.47 Å². The van der Waals surface area contributed by atoms with E-state index in [9.17, 15) is 19.2 Å². The van der Waals surface area contributed by atoms with Gasteiger partial charge in [-0.05, 0) is 51.4 Å². The van der Waals surface area contributed by atoms with Crippen molar-refractivity contribution in [1.82, 2.24) is 18.9 Å². The van der Waals surface area contributed by atoms with Crippen LogP contribution >= 0.6 is 0 Å². The second-order valence-electron chi connectivity index (χ2n) is 12.9. The Balaban J connectivity index is 1.50. The van der Waals surface area contributed by atoms with Crippen molar-refractivity contribution in [2.75, 3.05) is 44.4 Å². The molecule has 0 saturated carbocycles. The number of carbonyl (C=O) groups is 3. The minimum Gasteiger partial charge on any atom is -0.444 e. The Morgan fingerprint density at radius 1 is 1.02 bits per heavy atom. The first-order valence-corrected chi connectivity index (χ1v) is 17.7. The van der Waals surface area contributed by atoms with Crippen molar-refractivity contribution in [1.29, 1.82) is 0 Å². The van der Waals surface area contributed by atoms with Gasteiger partial charge >= 0.3 is 11.8 Å². The molecule has 40 heavy (non-hydrogen) atoms. The van der Waals surface area contributed by atoms with Crippen LogP contribution in [0.2, 0.25) is 25.7 Å². The van der Waals surface area contributed by atoms with Crippen LogP contribution in [0.25, 0.3) is 11.0 Å². The van der Waals surface area contributed by atoms with Crippen LogP contribution < -0.4 is 10.6 Å². The SMILES string of the molecule is Cn1c(=O)n(C2CCC(=O)N(COCC[Si](C)(C)C)C2=O)c2ccc(N3CCN(C(=O)OC(C)(C)C)CC3)cc21. The van der Waals surface area contributed by atoms with Gasteiger partial charge in [0.2, 0.25) is 5.91 Å². The summed E-state index contributed by atoms with van der Waals surface area (Å²) in [6, 6.07) is 5.93. The van der Waals surface area contributed by atoms with Gasteiger partial charge in [0.1, 0.15) is 18.4 Å². The van der Waals surface area contributed by atoms with Gasteiger partial charge < -0.3 is 19.3 Å². The number of piperazine rings is 1. The number of rotatable bonds is 7. The fourth-order valence-corrected chi connectivity index (χ4v) is 5.81. The van der Waals surface area contributed by atoms with Crippen molar-refractivity contribution in [3.05, 3.63) is 28.7 Å². The molecule has 1 aromatic carbocycles. The van der Waals surface area contributed by atoms with Gasteiger partial charge in [-0.25, -0.2) is 9.59 Å². The molecule has 2 fully saturated rings. The Morgan fingerprint density at radius 2 is 1.70 bits per heavy atom. The van der Waals surface area contributed by atoms with Crippen LogP contribution in [0.3, 0.4) is 0 Å². The minimum absolute atomic E-state index is 0.0857. The molecule has 2 aliphatic rings. The Bertz CT molecular complexity index is 1330. The number of hydrogen-bond acceptors (Lipinski definition) is 7. The molecule has 2 aliphatic heterocycles. The maximum Gasteiger partial charge on any atom is 0.410 e. The molecule has 0 aliphatic carbocycles. The number of fused-ring (bicyclic) bond motifs is 1. The molecule has 4 rings (SSSR count). The third-order valence-corrected chi connectivity index (χ3v) is 9.09. The van der Waals surface area contributed by atoms with Crippen LogP contribution in [0.5, 0.6) is 0 Å². The Morgan fingerprint density at radius 3 is 2.33 bits per heavy atom. The van der Waals surface area contributed by atoms with Crippen molar-refractivity contribution < 1.29 is 23.9 Å². The van der Waals surface area contributed by atoms with Crippen LogP contribution in [0.15, 0.2) is 23.0 Å². The van der Waals surface area contributed by atoms with E-state index >= 15 is 0 Å². The van der Waals surface area contributed by atoms with Crippen LogP contribution in [-0.4, -0.2) is 90.0 Å². The summed E-state index contributed by atoms with van der Waals surface area (Å²) >= 11 is 0. The van der Waals surface area contributed by atoms with Gasteiger partial charge in [0, 0.05) is 60.0 Å². The fraction of sp³-hybridized carbons (Fsp3) is 0.643. The third-order valence-electron chi connectivity index (χ3n) is 7.38. The highest BCUT2D eigenvalue weighted by molar-refractivity contribution is 6.76. The van der Waals surface area contributed by atoms with Gasteiger partial charge in [-0.2, -0.15) is 0 Å². The Kier molecular flexibility index (Phi) is 8.51. The lowest BCUT2D eigenvalue weighted by Gasteiger charge is -2.36. The van der Waals surface area contributed by atoms with E-state index < -0.39 is 25.6 Å². The van der Waals surface area contributed by atoms with Crippen LogP contribution in [-0.2, 0) is 26.1 Å². The lowest BCUT2D eigenvalue weighted by molar-refractivity contribution is -0.157. The molecule has 2 saturated heterocycles. The van der Waals surface area contributed by atoms with Crippen LogP contribution in [0.4, 0.5) is 10.5 Å². The summed E-state index contributed by atoms with van der Waals surface area (Å²) in [6.45, 7) is 15.0. The maximum atomic E-state index is 13.4. The van der Waals surface area contributed by atoms with Crippen molar-refractivity contribution in [2.24, 2.45) is 7.05 Å². The first kappa shape index (κ1) is 29.8. The second kappa shape index (κ2) is 11.4. The molecular weight excluding hydrogens is 530 g/mol. The minimum atomic E-state index is -1.30. The molecule has 220 valence electrons. The molecule has 1 aromatic heterocycles. The van der Waals surface area contributed by atoms with Crippen LogP contribution in [0.1, 0.15) is 39.7 Å². The van der Waals surface area contributed by atoms with Crippen molar-refractivity contribution in [2.45, 2.75) is 70.9 Å². The van der Waals surface area contributed by atoms with E-state index in [1.54, 1.807) is 16.5 Å². The van der Waals surface area contributed by atoms with E-state index in [1.165, 1.54) is 4.57 Å². The van der Waals surface area contributed by atoms with Gasteiger partial charge in [-0.1, -0.05) is 19.6 Å². The number of aryl methyl sites for hydroxylation is 1. The van der Waals surface area contributed by atoms with E-state index in [0.29, 0.717) is 43.8 Å². The normalized spacial score (nSPS) is 19.1. The zero-order chi connectivity index (χ0) is 29.4. The quantitative estimate of drug-likeness (QED) is 0.284. The molecule has 1 atom stereocenters. The highest BCUT2D eigenvalue weighted by Gasteiger charge is 2.37. The average Bonchev–Trinajstić information content (AvgIpc) is 3.11. The molecule has 3 amide bonds. The number of imide groups is 1. The van der Waals surface area contributed by atoms with Crippen molar-refractivity contribution >= 4 is 42.7 Å². The number of hydrogen-bond donors (Lipinski definition) is 0. The van der Waals surface area contributed by atoms with Gasteiger partial charge in [0.15, 0.2) is 0 Å². The number of aromatic nitrogens is 2. The zero-order valence-electron chi connectivity index (χ0n) is 24.9. The average molecular weight is 574 g/mol. The van der Waals surface area contributed by atoms with E-state index in [1.807, 2.05) is 39.0 Å². The van der Waals surface area contributed by atoms with E-state index in [0.717, 1.165) is 16.6 Å². The summed E-state index contributed by atoms with van der Waals surface area (Å²) in [5.74, 6) is -0.670. The topological polar surface area (TPSA) is 106 Å². The van der Waals surface area contributed by atoms with E-state index in [2.05, 4.69) is 24.5 Å². The monoisotopic (exact) mass is 573 g/mol. The summed E-state index contributed by atoms with van der Waals surface area (Å²) in [6.07, 6.45) is 0.140. The smallest absolute Gasteiger partial charge is 0.410 e. The standard InChI is InChI=1S/C28H43N5O6Si/c1-28(2,3)39-27(37)31-14-12-30(13-15-31)20-8-9-21-23(18-20)29(4)26(36)33(21)22-10-11-24(34)32(25(22)35)19-38-16-17-40(5,6)7/h8-9,18,22H,10-17,19H2,1-7H3. The number of likely N-dealkylation sites (tertiary alicyclic amines) is 1. The molecule has 1 unspecified atom stereocenters. The first-order chi connectivity index (χ1) is 18.7. The first-order valence-electron chi connectivity index (χ1n) is 14.0. The largest absolute Gasteiger partial charge is 0.444 e. The number of amides is 3. The predicted octanol–water partition coefficient (Wildman–Crippen LogP) is 3.40. The third kappa shape index (κ3) is 6.60. The number of anilines is 1. The Labute approximate surface area is 236 Å². The number of piperidine rings is 1. The number of carbonyl (C=O) groups excluding carboxylic acids is 3. The summed E-state index contributed by atoms with van der Waals surface area (Å²) in [5.41, 5.74) is 1.46. The summed E-state index contributed by atoms with van der Waals surface area (Å²) < 4.78 is 14.3. The number of ether oxygens (including phenoxy) is 2. The fourth-order valence-electron chi connectivity index (χ4n) is 5.05. The molecule has 2 aromatic rings. The highest BCUT2D eigenvalue weighted by atomic mass is 28.3. The molecule has 0 N–H and O–H groups in total. The zero-order valence-corrected chi connectivity index (χ0v) is 25.9. The molecule has 0 radical (unpaired) electrons. The summed E-state index contributed by atoms with van der Waals surface area (Å²) in [5, 5.41) is 0. The maximum absolute atomic E-state index is 13.4. The summed E-state index contributed by atoms with van der Waals surface area (Å²) in [4.78, 5) is 56.9. The lowest BCUT2D eigenvalue weighted by atomic mass is 10.0.